The van der Waals surface area contributed by atoms with Gasteiger partial charge in [-0.2, -0.15) is 0 Å². The number of fused-ring (bicyclic) bond motifs is 1. The van der Waals surface area contributed by atoms with E-state index in [1.165, 1.54) is 0 Å². The van der Waals surface area contributed by atoms with Gasteiger partial charge in [0.1, 0.15) is 11.5 Å². The van der Waals surface area contributed by atoms with Crippen molar-refractivity contribution < 1.29 is 9.59 Å². The molecule has 0 spiro atoms. The van der Waals surface area contributed by atoms with E-state index in [1.54, 1.807) is 18.1 Å². The SMILES string of the molecule is CNC(=O)c1cnc2n1CCN(C(=O)C(C)C)C2. The van der Waals surface area contributed by atoms with Crippen molar-refractivity contribution in [2.45, 2.75) is 26.9 Å². The number of nitrogens with zero attached hydrogens (tertiary/aromatic N) is 3. The first-order valence-corrected chi connectivity index (χ1v) is 6.10. The molecule has 0 aliphatic carbocycles. The molecule has 6 heteroatoms. The first-order valence-electron chi connectivity index (χ1n) is 6.10. The van der Waals surface area contributed by atoms with E-state index in [-0.39, 0.29) is 17.7 Å². The summed E-state index contributed by atoms with van der Waals surface area (Å²) >= 11 is 0. The molecular formula is C12H18N4O2. The van der Waals surface area contributed by atoms with Gasteiger partial charge in [0, 0.05) is 26.1 Å². The second-order valence-electron chi connectivity index (χ2n) is 4.70. The minimum atomic E-state index is -0.141. The zero-order valence-corrected chi connectivity index (χ0v) is 10.9. The maximum absolute atomic E-state index is 11.9. The Hall–Kier alpha value is -1.85. The van der Waals surface area contributed by atoms with Crippen LogP contribution in [0.1, 0.15) is 30.2 Å². The lowest BCUT2D eigenvalue weighted by atomic mass is 10.2. The van der Waals surface area contributed by atoms with Crippen molar-refractivity contribution in [3.8, 4) is 0 Å². The summed E-state index contributed by atoms with van der Waals surface area (Å²) in [4.78, 5) is 29.6. The Kier molecular flexibility index (Phi) is 3.36. The number of hydrogen-bond acceptors (Lipinski definition) is 3. The highest BCUT2D eigenvalue weighted by Crippen LogP contribution is 2.16. The van der Waals surface area contributed by atoms with Crippen molar-refractivity contribution in [2.75, 3.05) is 13.6 Å². The lowest BCUT2D eigenvalue weighted by Gasteiger charge is -2.29. The smallest absolute Gasteiger partial charge is 0.269 e. The van der Waals surface area contributed by atoms with E-state index < -0.39 is 0 Å². The normalized spacial score (nSPS) is 14.6. The maximum atomic E-state index is 11.9. The standard InChI is InChI=1S/C12H18N4O2/c1-8(2)12(18)15-4-5-16-9(11(17)13-3)6-14-10(16)7-15/h6,8H,4-5,7H2,1-3H3,(H,13,17). The van der Waals surface area contributed by atoms with E-state index in [4.69, 9.17) is 0 Å². The number of nitrogens with one attached hydrogen (secondary N) is 1. The number of amides is 2. The average molecular weight is 250 g/mol. The predicted octanol–water partition coefficient (Wildman–Crippen LogP) is 0.241. The van der Waals surface area contributed by atoms with Crippen LogP contribution >= 0.6 is 0 Å². The van der Waals surface area contributed by atoms with Gasteiger partial charge in [-0.1, -0.05) is 13.8 Å². The van der Waals surface area contributed by atoms with Gasteiger partial charge in [0.25, 0.3) is 5.91 Å². The van der Waals surface area contributed by atoms with Gasteiger partial charge in [-0.3, -0.25) is 9.59 Å². The van der Waals surface area contributed by atoms with Crippen molar-refractivity contribution in [2.24, 2.45) is 5.92 Å². The fraction of sp³-hybridized carbons (Fsp3) is 0.583. The van der Waals surface area contributed by atoms with Crippen molar-refractivity contribution in [1.82, 2.24) is 19.8 Å². The number of carbonyl (C=O) groups excluding carboxylic acids is 2. The van der Waals surface area contributed by atoms with Gasteiger partial charge in [0.05, 0.1) is 12.7 Å². The van der Waals surface area contributed by atoms with Crippen molar-refractivity contribution in [3.05, 3.63) is 17.7 Å². The summed E-state index contributed by atoms with van der Waals surface area (Å²) in [6.07, 6.45) is 1.57. The molecule has 18 heavy (non-hydrogen) atoms. The summed E-state index contributed by atoms with van der Waals surface area (Å²) < 4.78 is 1.88. The van der Waals surface area contributed by atoms with Crippen LogP contribution in [0.2, 0.25) is 0 Å². The molecule has 0 saturated carbocycles. The topological polar surface area (TPSA) is 67.2 Å². The first kappa shape index (κ1) is 12.6. The summed E-state index contributed by atoms with van der Waals surface area (Å²) in [5.74, 6) is 0.752. The number of aromatic nitrogens is 2. The van der Waals surface area contributed by atoms with Crippen LogP contribution in [0.4, 0.5) is 0 Å². The van der Waals surface area contributed by atoms with Gasteiger partial charge in [0.2, 0.25) is 5.91 Å². The molecule has 0 bridgehead atoms. The van der Waals surface area contributed by atoms with E-state index in [0.29, 0.717) is 25.3 Å². The largest absolute Gasteiger partial charge is 0.354 e. The Labute approximate surface area is 106 Å². The molecule has 2 rings (SSSR count). The van der Waals surface area contributed by atoms with Gasteiger partial charge < -0.3 is 14.8 Å². The van der Waals surface area contributed by atoms with Crippen molar-refractivity contribution in [1.29, 1.82) is 0 Å². The molecule has 98 valence electrons. The zero-order valence-electron chi connectivity index (χ0n) is 10.9. The van der Waals surface area contributed by atoms with Crippen LogP contribution in [0.5, 0.6) is 0 Å². The average Bonchev–Trinajstić information content (AvgIpc) is 2.79. The molecule has 2 amide bonds. The van der Waals surface area contributed by atoms with Crippen molar-refractivity contribution in [3.63, 3.8) is 0 Å². The fourth-order valence-electron chi connectivity index (χ4n) is 2.12. The van der Waals surface area contributed by atoms with Gasteiger partial charge in [0.15, 0.2) is 0 Å². The van der Waals surface area contributed by atoms with Crippen LogP contribution in [0.25, 0.3) is 0 Å². The molecule has 2 heterocycles. The van der Waals surface area contributed by atoms with E-state index in [1.807, 2.05) is 18.4 Å². The Balaban J connectivity index is 2.19. The third kappa shape index (κ3) is 2.10. The quantitative estimate of drug-likeness (QED) is 0.817. The fourth-order valence-corrected chi connectivity index (χ4v) is 2.12. The summed E-state index contributed by atoms with van der Waals surface area (Å²) in [5, 5.41) is 2.59. The highest BCUT2D eigenvalue weighted by Gasteiger charge is 2.26. The molecule has 1 N–H and O–H groups in total. The molecule has 1 aliphatic rings. The Bertz CT molecular complexity index is 478. The van der Waals surface area contributed by atoms with Crippen LogP contribution in [0, 0.1) is 5.92 Å². The second-order valence-corrected chi connectivity index (χ2v) is 4.70. The predicted molar refractivity (Wildman–Crippen MR) is 65.9 cm³/mol. The highest BCUT2D eigenvalue weighted by molar-refractivity contribution is 5.92. The van der Waals surface area contributed by atoms with E-state index in [0.717, 1.165) is 5.82 Å². The molecule has 0 aromatic carbocycles. The summed E-state index contributed by atoms with van der Waals surface area (Å²) in [6.45, 7) is 5.51. The minimum absolute atomic E-state index is 0.00933. The molecule has 1 aliphatic heterocycles. The number of carbonyl (C=O) groups is 2. The van der Waals surface area contributed by atoms with E-state index in [9.17, 15) is 9.59 Å². The highest BCUT2D eigenvalue weighted by atomic mass is 16.2. The number of rotatable bonds is 2. The lowest BCUT2D eigenvalue weighted by molar-refractivity contribution is -0.136. The second kappa shape index (κ2) is 4.80. The molecule has 0 atom stereocenters. The third-order valence-electron chi connectivity index (χ3n) is 3.13. The lowest BCUT2D eigenvalue weighted by Crippen LogP contribution is -2.41. The number of hydrogen-bond donors (Lipinski definition) is 1. The van der Waals surface area contributed by atoms with Gasteiger partial charge in [-0.05, 0) is 0 Å². The molecule has 0 radical (unpaired) electrons. The Morgan fingerprint density at radius 2 is 2.11 bits per heavy atom. The summed E-state index contributed by atoms with van der Waals surface area (Å²) in [6, 6.07) is 0. The van der Waals surface area contributed by atoms with Crippen LogP contribution in [-0.4, -0.2) is 39.9 Å². The maximum Gasteiger partial charge on any atom is 0.269 e. The minimum Gasteiger partial charge on any atom is -0.354 e. The van der Waals surface area contributed by atoms with E-state index >= 15 is 0 Å². The van der Waals surface area contributed by atoms with Gasteiger partial charge >= 0.3 is 0 Å². The van der Waals surface area contributed by atoms with Gasteiger partial charge in [-0.15, -0.1) is 0 Å². The molecule has 0 unspecified atom stereocenters. The molecule has 0 fully saturated rings. The van der Waals surface area contributed by atoms with Crippen LogP contribution < -0.4 is 5.32 Å². The van der Waals surface area contributed by atoms with Gasteiger partial charge in [-0.25, -0.2) is 4.98 Å². The molecule has 1 aromatic rings. The molecule has 0 saturated heterocycles. The molecule has 6 nitrogen and oxygen atoms in total. The Morgan fingerprint density at radius 3 is 2.72 bits per heavy atom. The summed E-state index contributed by atoms with van der Waals surface area (Å²) in [7, 11) is 1.60. The van der Waals surface area contributed by atoms with Crippen LogP contribution in [-0.2, 0) is 17.9 Å². The molecule has 1 aromatic heterocycles. The van der Waals surface area contributed by atoms with Crippen LogP contribution in [0.15, 0.2) is 6.20 Å². The van der Waals surface area contributed by atoms with E-state index in [2.05, 4.69) is 10.3 Å². The summed E-state index contributed by atoms with van der Waals surface area (Å²) in [5.41, 5.74) is 0.559. The third-order valence-corrected chi connectivity index (χ3v) is 3.13. The van der Waals surface area contributed by atoms with Crippen molar-refractivity contribution >= 4 is 11.8 Å². The number of imidazole rings is 1. The first-order chi connectivity index (χ1) is 8.54. The monoisotopic (exact) mass is 250 g/mol. The Morgan fingerprint density at radius 1 is 1.39 bits per heavy atom. The zero-order chi connectivity index (χ0) is 13.3. The molecular weight excluding hydrogens is 232 g/mol. The van der Waals surface area contributed by atoms with Crippen LogP contribution in [0.3, 0.4) is 0 Å².